The van der Waals surface area contributed by atoms with E-state index in [-0.39, 0.29) is 24.0 Å². The number of rotatable bonds is 5. The van der Waals surface area contributed by atoms with Gasteiger partial charge in [0.15, 0.2) is 17.5 Å². The lowest BCUT2D eigenvalue weighted by Gasteiger charge is -2.11. The summed E-state index contributed by atoms with van der Waals surface area (Å²) in [5, 5.41) is 3.08. The Morgan fingerprint density at radius 1 is 1.15 bits per heavy atom. The zero-order valence-electron chi connectivity index (χ0n) is 14.7. The zero-order chi connectivity index (χ0) is 17.5. The third-order valence-corrected chi connectivity index (χ3v) is 3.66. The van der Waals surface area contributed by atoms with Crippen molar-refractivity contribution in [3.63, 3.8) is 0 Å². The number of aliphatic imine (C=N–C) groups is 1. The molecule has 0 aliphatic carbocycles. The number of nitrogens with zero attached hydrogens (tertiary/aromatic N) is 1. The van der Waals surface area contributed by atoms with Crippen molar-refractivity contribution in [1.29, 1.82) is 0 Å². The third kappa shape index (κ3) is 5.69. The monoisotopic (exact) mass is 469 g/mol. The summed E-state index contributed by atoms with van der Waals surface area (Å²) in [5.74, 6) is 2.66. The molecule has 140 valence electrons. The highest BCUT2D eigenvalue weighted by Crippen LogP contribution is 2.32. The number of guanidine groups is 1. The van der Waals surface area contributed by atoms with Crippen molar-refractivity contribution in [1.82, 2.24) is 0 Å². The molecule has 0 amide bonds. The maximum Gasteiger partial charge on any atom is 0.193 e. The molecule has 3 N–H and O–H groups in total. The number of nitrogens with two attached hydrogens (primary N) is 1. The van der Waals surface area contributed by atoms with Gasteiger partial charge in [0.1, 0.15) is 5.75 Å². The van der Waals surface area contributed by atoms with Gasteiger partial charge in [0.25, 0.3) is 0 Å². The van der Waals surface area contributed by atoms with Crippen LogP contribution in [0.1, 0.15) is 18.9 Å². The average Bonchev–Trinajstić information content (AvgIpc) is 2.86. The largest absolute Gasteiger partial charge is 0.494 e. The van der Waals surface area contributed by atoms with Gasteiger partial charge in [-0.1, -0.05) is 12.1 Å². The molecule has 0 unspecified atom stereocenters. The van der Waals surface area contributed by atoms with Crippen LogP contribution in [0.3, 0.4) is 0 Å². The Kier molecular flexibility index (Phi) is 7.83. The Hall–Kier alpha value is -2.16. The van der Waals surface area contributed by atoms with Crippen LogP contribution in [0.15, 0.2) is 47.5 Å². The highest BCUT2D eigenvalue weighted by molar-refractivity contribution is 14.0. The first-order valence-corrected chi connectivity index (χ1v) is 8.43. The second kappa shape index (κ2) is 10.1. The SMILES string of the molecule is CCOc1cccc(CN=C(N)Nc2ccc3c(c2)OCCCO3)c1.I. The number of nitrogens with one attached hydrogen (secondary N) is 1. The number of anilines is 1. The Morgan fingerprint density at radius 3 is 2.77 bits per heavy atom. The first kappa shape index (κ1) is 20.2. The zero-order valence-corrected chi connectivity index (χ0v) is 17.1. The molecule has 1 heterocycles. The second-order valence-corrected chi connectivity index (χ2v) is 5.62. The Morgan fingerprint density at radius 2 is 1.96 bits per heavy atom. The van der Waals surface area contributed by atoms with Crippen LogP contribution in [0.4, 0.5) is 5.69 Å². The number of hydrogen-bond donors (Lipinski definition) is 2. The summed E-state index contributed by atoms with van der Waals surface area (Å²) in [7, 11) is 0. The van der Waals surface area contributed by atoms with Crippen LogP contribution in [0, 0.1) is 0 Å². The lowest BCUT2D eigenvalue weighted by atomic mass is 10.2. The van der Waals surface area contributed by atoms with Crippen LogP contribution in [0.25, 0.3) is 0 Å². The summed E-state index contributed by atoms with van der Waals surface area (Å²) in [6, 6.07) is 13.5. The van der Waals surface area contributed by atoms with Gasteiger partial charge in [-0.2, -0.15) is 0 Å². The number of benzene rings is 2. The van der Waals surface area contributed by atoms with Gasteiger partial charge < -0.3 is 25.3 Å². The van der Waals surface area contributed by atoms with Crippen LogP contribution in [-0.4, -0.2) is 25.8 Å². The fourth-order valence-corrected chi connectivity index (χ4v) is 2.51. The lowest BCUT2D eigenvalue weighted by molar-refractivity contribution is 0.297. The minimum atomic E-state index is 0. The predicted octanol–water partition coefficient (Wildman–Crippen LogP) is 3.79. The topological polar surface area (TPSA) is 78.1 Å². The average molecular weight is 469 g/mol. The van der Waals surface area contributed by atoms with Gasteiger partial charge in [-0.15, -0.1) is 24.0 Å². The fraction of sp³-hybridized carbons (Fsp3) is 0.316. The molecule has 6 nitrogen and oxygen atoms in total. The molecule has 1 aliphatic heterocycles. The summed E-state index contributed by atoms with van der Waals surface area (Å²) in [5.41, 5.74) is 7.84. The number of fused-ring (bicyclic) bond motifs is 1. The number of ether oxygens (including phenoxy) is 3. The summed E-state index contributed by atoms with van der Waals surface area (Å²) >= 11 is 0. The molecule has 0 atom stereocenters. The molecule has 26 heavy (non-hydrogen) atoms. The van der Waals surface area contributed by atoms with Gasteiger partial charge in [-0.3, -0.25) is 0 Å². The molecular formula is C19H24IN3O3. The minimum absolute atomic E-state index is 0. The second-order valence-electron chi connectivity index (χ2n) is 5.62. The van der Waals surface area contributed by atoms with Crippen LogP contribution in [0.5, 0.6) is 17.2 Å². The first-order valence-electron chi connectivity index (χ1n) is 8.43. The molecule has 2 aromatic rings. The summed E-state index contributed by atoms with van der Waals surface area (Å²) in [6.07, 6.45) is 0.877. The van der Waals surface area contributed by atoms with Crippen molar-refractivity contribution in [2.75, 3.05) is 25.1 Å². The van der Waals surface area contributed by atoms with E-state index < -0.39 is 0 Å². The Bertz CT molecular complexity index is 753. The van der Waals surface area contributed by atoms with Gasteiger partial charge in [-0.05, 0) is 36.8 Å². The summed E-state index contributed by atoms with van der Waals surface area (Å²) in [6.45, 7) is 4.40. The molecule has 0 fully saturated rings. The normalized spacial score (nSPS) is 13.3. The summed E-state index contributed by atoms with van der Waals surface area (Å²) < 4.78 is 16.8. The van der Waals surface area contributed by atoms with Crippen LogP contribution < -0.4 is 25.3 Å². The van der Waals surface area contributed by atoms with Crippen molar-refractivity contribution < 1.29 is 14.2 Å². The smallest absolute Gasteiger partial charge is 0.193 e. The Balaban J connectivity index is 0.00000243. The van der Waals surface area contributed by atoms with E-state index >= 15 is 0 Å². The van der Waals surface area contributed by atoms with Gasteiger partial charge in [0.2, 0.25) is 0 Å². The van der Waals surface area contributed by atoms with Gasteiger partial charge in [-0.25, -0.2) is 4.99 Å². The van der Waals surface area contributed by atoms with Crippen LogP contribution in [0.2, 0.25) is 0 Å². The molecule has 0 aromatic heterocycles. The highest BCUT2D eigenvalue weighted by atomic mass is 127. The van der Waals surface area contributed by atoms with Crippen LogP contribution >= 0.6 is 24.0 Å². The van der Waals surface area contributed by atoms with Crippen molar-refractivity contribution in [2.24, 2.45) is 10.7 Å². The molecule has 0 saturated heterocycles. The number of hydrogen-bond acceptors (Lipinski definition) is 4. The molecule has 1 aliphatic rings. The van der Waals surface area contributed by atoms with E-state index in [0.29, 0.717) is 32.3 Å². The van der Waals surface area contributed by atoms with E-state index in [2.05, 4.69) is 10.3 Å². The quantitative estimate of drug-likeness (QED) is 0.396. The Labute approximate surface area is 170 Å². The van der Waals surface area contributed by atoms with Gasteiger partial charge in [0, 0.05) is 18.2 Å². The van der Waals surface area contributed by atoms with Gasteiger partial charge in [0.05, 0.1) is 26.4 Å². The van der Waals surface area contributed by atoms with E-state index in [9.17, 15) is 0 Å². The molecule has 7 heteroatoms. The standard InChI is InChI=1S/C19H23N3O3.HI/c1-2-23-16-6-3-5-14(11-16)13-21-19(20)22-15-7-8-17-18(12-15)25-10-4-9-24-17;/h3,5-8,11-12H,2,4,9-10,13H2,1H3,(H3,20,21,22);1H. The molecule has 3 rings (SSSR count). The minimum Gasteiger partial charge on any atom is -0.494 e. The van der Waals surface area contributed by atoms with E-state index in [1.54, 1.807) is 0 Å². The van der Waals surface area contributed by atoms with Crippen LogP contribution in [-0.2, 0) is 6.54 Å². The molecule has 0 bridgehead atoms. The maximum absolute atomic E-state index is 5.99. The predicted molar refractivity (Wildman–Crippen MR) is 114 cm³/mol. The molecule has 2 aromatic carbocycles. The van der Waals surface area contributed by atoms with Crippen molar-refractivity contribution in [2.45, 2.75) is 19.9 Å². The maximum atomic E-state index is 5.99. The molecule has 0 radical (unpaired) electrons. The lowest BCUT2D eigenvalue weighted by Crippen LogP contribution is -2.22. The summed E-state index contributed by atoms with van der Waals surface area (Å²) in [4.78, 5) is 4.38. The highest BCUT2D eigenvalue weighted by Gasteiger charge is 2.10. The van der Waals surface area contributed by atoms with Crippen molar-refractivity contribution in [3.05, 3.63) is 48.0 Å². The molecule has 0 saturated carbocycles. The van der Waals surface area contributed by atoms with E-state index in [1.807, 2.05) is 49.4 Å². The van der Waals surface area contributed by atoms with Crippen molar-refractivity contribution >= 4 is 35.6 Å². The van der Waals surface area contributed by atoms with Crippen molar-refractivity contribution in [3.8, 4) is 17.2 Å². The van der Waals surface area contributed by atoms with E-state index in [0.717, 1.165) is 34.9 Å². The third-order valence-electron chi connectivity index (χ3n) is 3.66. The number of halogens is 1. The molecular weight excluding hydrogens is 445 g/mol. The van der Waals surface area contributed by atoms with E-state index in [4.69, 9.17) is 19.9 Å². The van der Waals surface area contributed by atoms with Gasteiger partial charge >= 0.3 is 0 Å². The fourth-order valence-electron chi connectivity index (χ4n) is 2.51. The first-order chi connectivity index (χ1) is 12.2. The molecule has 0 spiro atoms. The van der Waals surface area contributed by atoms with E-state index in [1.165, 1.54) is 0 Å².